The molecule has 0 aliphatic rings. The Kier molecular flexibility index (Phi) is 4.15. The fourth-order valence-electron chi connectivity index (χ4n) is 2.68. The van der Waals surface area contributed by atoms with Crippen molar-refractivity contribution in [3.05, 3.63) is 77.9 Å². The van der Waals surface area contributed by atoms with Gasteiger partial charge in [-0.2, -0.15) is 0 Å². The predicted octanol–water partition coefficient (Wildman–Crippen LogP) is 3.20. The third kappa shape index (κ3) is 2.97. The first-order chi connectivity index (χ1) is 11.2. The third-order valence-electron chi connectivity index (χ3n) is 3.79. The summed E-state index contributed by atoms with van der Waals surface area (Å²) in [5, 5.41) is 0. The molecular weight excluding hydrogens is 288 g/mol. The van der Waals surface area contributed by atoms with E-state index in [1.54, 1.807) is 12.4 Å². The number of aromatic nitrogens is 2. The molecule has 0 aliphatic carbocycles. The lowest BCUT2D eigenvalue weighted by atomic mass is 10.0. The summed E-state index contributed by atoms with van der Waals surface area (Å²) in [7, 11) is 0. The number of nitrogens with zero attached hydrogens (tertiary/aromatic N) is 2. The molecule has 1 aromatic carbocycles. The lowest BCUT2D eigenvalue weighted by Crippen LogP contribution is -2.13. The van der Waals surface area contributed by atoms with Crippen LogP contribution < -0.4 is 0 Å². The molecule has 0 amide bonds. The van der Waals surface area contributed by atoms with Crippen molar-refractivity contribution < 1.29 is 9.59 Å². The molecule has 3 rings (SSSR count). The SMILES string of the molecule is Cc1cc(-c2ccccc2)c(C(=O)[C]=O)n1Cc1ccncc1. The van der Waals surface area contributed by atoms with Crippen LogP contribution in [0.15, 0.2) is 60.9 Å². The molecule has 0 aliphatic heterocycles. The highest BCUT2D eigenvalue weighted by molar-refractivity contribution is 6.34. The van der Waals surface area contributed by atoms with Gasteiger partial charge in [-0.15, -0.1) is 0 Å². The van der Waals surface area contributed by atoms with Crippen LogP contribution >= 0.6 is 0 Å². The molecule has 3 aromatic rings. The lowest BCUT2D eigenvalue weighted by Gasteiger charge is -2.10. The summed E-state index contributed by atoms with van der Waals surface area (Å²) in [6, 6.07) is 15.3. The molecule has 4 nitrogen and oxygen atoms in total. The van der Waals surface area contributed by atoms with Crippen molar-refractivity contribution in [1.82, 2.24) is 9.55 Å². The van der Waals surface area contributed by atoms with Gasteiger partial charge in [0.25, 0.3) is 12.1 Å². The zero-order chi connectivity index (χ0) is 16.2. The highest BCUT2D eigenvalue weighted by Gasteiger charge is 2.21. The number of pyridine rings is 1. The second-order valence-electron chi connectivity index (χ2n) is 5.29. The van der Waals surface area contributed by atoms with E-state index in [-0.39, 0.29) is 0 Å². The van der Waals surface area contributed by atoms with Crippen LogP contribution in [-0.4, -0.2) is 21.6 Å². The minimum atomic E-state index is -0.633. The molecule has 0 N–H and O–H groups in total. The minimum absolute atomic E-state index is 0.375. The van der Waals surface area contributed by atoms with Crippen LogP contribution in [0.2, 0.25) is 0 Å². The summed E-state index contributed by atoms with van der Waals surface area (Å²) in [4.78, 5) is 27.2. The van der Waals surface area contributed by atoms with Gasteiger partial charge >= 0.3 is 0 Å². The largest absolute Gasteiger partial charge is 0.337 e. The number of hydrogen-bond donors (Lipinski definition) is 0. The molecule has 2 aromatic heterocycles. The molecule has 4 heteroatoms. The number of ketones is 1. The quantitative estimate of drug-likeness (QED) is 0.537. The minimum Gasteiger partial charge on any atom is -0.337 e. The van der Waals surface area contributed by atoms with E-state index in [9.17, 15) is 9.59 Å². The van der Waals surface area contributed by atoms with Crippen LogP contribution in [0, 0.1) is 6.92 Å². The average molecular weight is 303 g/mol. The van der Waals surface area contributed by atoms with Crippen molar-refractivity contribution in [2.75, 3.05) is 0 Å². The molecule has 113 valence electrons. The molecule has 0 unspecified atom stereocenters. The van der Waals surface area contributed by atoms with E-state index in [1.165, 1.54) is 6.29 Å². The normalized spacial score (nSPS) is 10.5. The van der Waals surface area contributed by atoms with Gasteiger partial charge in [0.2, 0.25) is 0 Å². The van der Waals surface area contributed by atoms with Gasteiger partial charge in [-0.1, -0.05) is 30.3 Å². The highest BCUT2D eigenvalue weighted by atomic mass is 16.2. The van der Waals surface area contributed by atoms with Crippen molar-refractivity contribution in [2.45, 2.75) is 13.5 Å². The van der Waals surface area contributed by atoms with Gasteiger partial charge in [0.05, 0.1) is 0 Å². The van der Waals surface area contributed by atoms with Crippen LogP contribution in [0.3, 0.4) is 0 Å². The van der Waals surface area contributed by atoms with Crippen LogP contribution in [0.25, 0.3) is 11.1 Å². The molecule has 0 saturated carbocycles. The Morgan fingerprint density at radius 3 is 2.48 bits per heavy atom. The summed E-state index contributed by atoms with van der Waals surface area (Å²) in [5.74, 6) is -0.633. The highest BCUT2D eigenvalue weighted by Crippen LogP contribution is 2.28. The van der Waals surface area contributed by atoms with E-state index in [1.807, 2.05) is 60.0 Å². The summed E-state index contributed by atoms with van der Waals surface area (Å²) in [6.07, 6.45) is 4.92. The zero-order valence-electron chi connectivity index (χ0n) is 12.7. The number of hydrogen-bond acceptors (Lipinski definition) is 3. The maximum absolute atomic E-state index is 12.2. The molecule has 2 heterocycles. The van der Waals surface area contributed by atoms with Crippen molar-refractivity contribution >= 4 is 12.1 Å². The molecular formula is C19H15N2O2. The van der Waals surface area contributed by atoms with E-state index in [4.69, 9.17) is 0 Å². The summed E-state index contributed by atoms with van der Waals surface area (Å²) < 4.78 is 1.85. The van der Waals surface area contributed by atoms with Gasteiger partial charge in [-0.25, -0.2) is 0 Å². The van der Waals surface area contributed by atoms with Gasteiger partial charge in [0, 0.05) is 30.2 Å². The predicted molar refractivity (Wildman–Crippen MR) is 88.0 cm³/mol. The fourth-order valence-corrected chi connectivity index (χ4v) is 2.68. The van der Waals surface area contributed by atoms with Crippen LogP contribution in [-0.2, 0) is 11.3 Å². The first kappa shape index (κ1) is 14.9. The molecule has 0 spiro atoms. The number of benzene rings is 1. The summed E-state index contributed by atoms with van der Waals surface area (Å²) >= 11 is 0. The standard InChI is InChI=1S/C19H15N2O2/c1-14-11-17(16-5-3-2-4-6-16)19(18(23)13-22)21(14)12-15-7-9-20-10-8-15/h2-11H,12H2,1H3. The molecule has 0 atom stereocenters. The van der Waals surface area contributed by atoms with Crippen LogP contribution in [0.1, 0.15) is 21.7 Å². The monoisotopic (exact) mass is 303 g/mol. The van der Waals surface area contributed by atoms with Crippen LogP contribution in [0.4, 0.5) is 0 Å². The fraction of sp³-hybridized carbons (Fsp3) is 0.105. The second kappa shape index (κ2) is 6.40. The van der Waals surface area contributed by atoms with E-state index < -0.39 is 5.78 Å². The number of carbonyl (C=O) groups is 1. The Bertz CT molecular complexity index is 837. The molecule has 23 heavy (non-hydrogen) atoms. The van der Waals surface area contributed by atoms with Gasteiger partial charge in [0.1, 0.15) is 5.69 Å². The van der Waals surface area contributed by atoms with Gasteiger partial charge in [-0.05, 0) is 36.2 Å². The van der Waals surface area contributed by atoms with Crippen molar-refractivity contribution in [3.63, 3.8) is 0 Å². The van der Waals surface area contributed by atoms with Gasteiger partial charge in [-0.3, -0.25) is 14.6 Å². The maximum Gasteiger partial charge on any atom is 0.279 e. The first-order valence-electron chi connectivity index (χ1n) is 7.27. The summed E-state index contributed by atoms with van der Waals surface area (Å²) in [6.45, 7) is 2.43. The Morgan fingerprint density at radius 1 is 1.13 bits per heavy atom. The van der Waals surface area contributed by atoms with Gasteiger partial charge < -0.3 is 4.57 Å². The van der Waals surface area contributed by atoms with E-state index in [0.717, 1.165) is 22.4 Å². The maximum atomic E-state index is 12.2. The van der Waals surface area contributed by atoms with E-state index >= 15 is 0 Å². The van der Waals surface area contributed by atoms with E-state index in [0.29, 0.717) is 12.2 Å². The zero-order valence-corrected chi connectivity index (χ0v) is 12.7. The molecule has 0 fully saturated rings. The van der Waals surface area contributed by atoms with E-state index in [2.05, 4.69) is 4.98 Å². The van der Waals surface area contributed by atoms with Crippen molar-refractivity contribution in [3.8, 4) is 11.1 Å². The number of Topliss-reactive ketones (excluding diaryl/α,β-unsaturated/α-hetero) is 1. The third-order valence-corrected chi connectivity index (χ3v) is 3.79. The lowest BCUT2D eigenvalue weighted by molar-refractivity contribution is 0.105. The average Bonchev–Trinajstić information content (AvgIpc) is 2.92. The number of carbonyl (C=O) groups excluding carboxylic acids is 2. The van der Waals surface area contributed by atoms with Crippen LogP contribution in [0.5, 0.6) is 0 Å². The smallest absolute Gasteiger partial charge is 0.279 e. The Labute approximate surface area is 134 Å². The molecule has 0 bridgehead atoms. The Morgan fingerprint density at radius 2 is 1.83 bits per heavy atom. The number of rotatable bonds is 5. The number of aryl methyl sites for hydroxylation is 1. The summed E-state index contributed by atoms with van der Waals surface area (Å²) in [5.41, 5.74) is 3.96. The Balaban J connectivity index is 2.14. The topological polar surface area (TPSA) is 52.0 Å². The van der Waals surface area contributed by atoms with Crippen molar-refractivity contribution in [1.29, 1.82) is 0 Å². The molecule has 0 saturated heterocycles. The van der Waals surface area contributed by atoms with Crippen molar-refractivity contribution in [2.24, 2.45) is 0 Å². The Hall–Kier alpha value is -3.01. The molecule has 1 radical (unpaired) electrons. The first-order valence-corrected chi connectivity index (χ1v) is 7.27. The second-order valence-corrected chi connectivity index (χ2v) is 5.29. The van der Waals surface area contributed by atoms with Gasteiger partial charge in [0.15, 0.2) is 0 Å².